The van der Waals surface area contributed by atoms with Crippen LogP contribution >= 0.6 is 0 Å². The highest BCUT2D eigenvalue weighted by atomic mass is 15.0. The third-order valence-electron chi connectivity index (χ3n) is 3.13. The highest BCUT2D eigenvalue weighted by Gasteiger charge is 2.38. The monoisotopic (exact) mass is 166 g/mol. The summed E-state index contributed by atoms with van der Waals surface area (Å²) in [5.41, 5.74) is 7.48. The Labute approximate surface area is 74.2 Å². The summed E-state index contributed by atoms with van der Waals surface area (Å²) in [7, 11) is 0. The zero-order valence-corrected chi connectivity index (χ0v) is 7.77. The molecular formula is C10H18N2. The van der Waals surface area contributed by atoms with Crippen LogP contribution < -0.4 is 11.1 Å². The molecule has 2 heteroatoms. The molecule has 0 spiro atoms. The Morgan fingerprint density at radius 3 is 3.25 bits per heavy atom. The summed E-state index contributed by atoms with van der Waals surface area (Å²) in [5.74, 6) is 0. The molecule has 2 aliphatic rings. The van der Waals surface area contributed by atoms with Gasteiger partial charge in [-0.1, -0.05) is 11.6 Å². The first-order chi connectivity index (χ1) is 5.72. The van der Waals surface area contributed by atoms with Crippen molar-refractivity contribution in [2.24, 2.45) is 5.73 Å². The van der Waals surface area contributed by atoms with Crippen molar-refractivity contribution >= 4 is 0 Å². The van der Waals surface area contributed by atoms with Gasteiger partial charge in [-0.25, -0.2) is 0 Å². The number of fused-ring (bicyclic) bond motifs is 2. The first-order valence-electron chi connectivity index (χ1n) is 4.87. The Bertz CT molecular complexity index is 210. The third kappa shape index (κ3) is 1.41. The molecule has 2 saturated heterocycles. The summed E-state index contributed by atoms with van der Waals surface area (Å²) in [4.78, 5) is 0. The molecule has 0 aromatic heterocycles. The predicted octanol–water partition coefficient (Wildman–Crippen LogP) is 1.18. The second kappa shape index (κ2) is 2.86. The van der Waals surface area contributed by atoms with Crippen molar-refractivity contribution in [1.29, 1.82) is 0 Å². The van der Waals surface area contributed by atoms with Gasteiger partial charge in [0.25, 0.3) is 0 Å². The molecule has 2 fully saturated rings. The molecule has 2 unspecified atom stereocenters. The maximum Gasteiger partial charge on any atom is 0.0193 e. The maximum atomic E-state index is 5.52. The smallest absolute Gasteiger partial charge is 0.0193 e. The van der Waals surface area contributed by atoms with Crippen LogP contribution in [0.2, 0.25) is 0 Å². The Balaban J connectivity index is 2.11. The fourth-order valence-corrected chi connectivity index (χ4v) is 2.63. The van der Waals surface area contributed by atoms with Crippen LogP contribution in [0.1, 0.15) is 32.6 Å². The molecule has 2 bridgehead atoms. The lowest BCUT2D eigenvalue weighted by atomic mass is 9.89. The zero-order valence-electron chi connectivity index (χ0n) is 7.77. The van der Waals surface area contributed by atoms with Crippen molar-refractivity contribution in [1.82, 2.24) is 5.32 Å². The van der Waals surface area contributed by atoms with Gasteiger partial charge in [-0.3, -0.25) is 0 Å². The topological polar surface area (TPSA) is 38.0 Å². The van der Waals surface area contributed by atoms with Crippen molar-refractivity contribution < 1.29 is 0 Å². The van der Waals surface area contributed by atoms with E-state index in [1.54, 1.807) is 5.57 Å². The Kier molecular flexibility index (Phi) is 1.97. The first-order valence-corrected chi connectivity index (χ1v) is 4.87. The lowest BCUT2D eigenvalue weighted by Crippen LogP contribution is -2.44. The van der Waals surface area contributed by atoms with E-state index in [1.807, 2.05) is 0 Å². The molecule has 0 aromatic rings. The van der Waals surface area contributed by atoms with E-state index >= 15 is 0 Å². The van der Waals surface area contributed by atoms with Crippen molar-refractivity contribution in [2.75, 3.05) is 6.54 Å². The molecule has 2 heterocycles. The molecule has 0 saturated carbocycles. The first kappa shape index (κ1) is 8.27. The van der Waals surface area contributed by atoms with Crippen molar-refractivity contribution in [3.05, 3.63) is 11.6 Å². The predicted molar refractivity (Wildman–Crippen MR) is 50.9 cm³/mol. The van der Waals surface area contributed by atoms with E-state index in [4.69, 9.17) is 5.73 Å². The van der Waals surface area contributed by atoms with Gasteiger partial charge in [0.2, 0.25) is 0 Å². The SMILES string of the molecule is CC12CCC(C/C(=C\CN)C1)N2. The molecule has 0 radical (unpaired) electrons. The summed E-state index contributed by atoms with van der Waals surface area (Å²) in [5, 5.41) is 3.67. The number of rotatable bonds is 1. The minimum Gasteiger partial charge on any atom is -0.327 e. The summed E-state index contributed by atoms with van der Waals surface area (Å²) in [6.07, 6.45) is 7.32. The second-order valence-electron chi connectivity index (χ2n) is 4.42. The van der Waals surface area contributed by atoms with Gasteiger partial charge in [-0.15, -0.1) is 0 Å². The Hall–Kier alpha value is -0.340. The number of piperidine rings is 1. The lowest BCUT2D eigenvalue weighted by Gasteiger charge is -2.32. The van der Waals surface area contributed by atoms with E-state index in [1.165, 1.54) is 25.7 Å². The molecule has 2 atom stereocenters. The second-order valence-corrected chi connectivity index (χ2v) is 4.42. The molecular weight excluding hydrogens is 148 g/mol. The average molecular weight is 166 g/mol. The van der Waals surface area contributed by atoms with Gasteiger partial charge in [0.1, 0.15) is 0 Å². The minimum atomic E-state index is 0.393. The van der Waals surface area contributed by atoms with Gasteiger partial charge in [-0.2, -0.15) is 0 Å². The molecule has 0 aliphatic carbocycles. The molecule has 2 nitrogen and oxygen atoms in total. The number of nitrogens with one attached hydrogen (secondary N) is 1. The molecule has 3 N–H and O–H groups in total. The van der Waals surface area contributed by atoms with Crippen molar-refractivity contribution in [3.63, 3.8) is 0 Å². The molecule has 0 aromatic carbocycles. The maximum absolute atomic E-state index is 5.52. The summed E-state index contributed by atoms with van der Waals surface area (Å²) in [6.45, 7) is 3.04. The normalized spacial score (nSPS) is 43.8. The van der Waals surface area contributed by atoms with Gasteiger partial charge in [0.05, 0.1) is 0 Å². The van der Waals surface area contributed by atoms with Crippen LogP contribution in [0, 0.1) is 0 Å². The van der Waals surface area contributed by atoms with E-state index in [9.17, 15) is 0 Å². The zero-order chi connectivity index (χ0) is 8.60. The summed E-state index contributed by atoms with van der Waals surface area (Å²) in [6, 6.07) is 0.738. The van der Waals surface area contributed by atoms with Crippen LogP contribution in [0.5, 0.6) is 0 Å². The fourth-order valence-electron chi connectivity index (χ4n) is 2.63. The molecule has 68 valence electrons. The lowest BCUT2D eigenvalue weighted by molar-refractivity contribution is 0.349. The van der Waals surface area contributed by atoms with E-state index in [0.717, 1.165) is 6.04 Å². The molecule has 0 amide bonds. The van der Waals surface area contributed by atoms with Crippen LogP contribution in [0.3, 0.4) is 0 Å². The molecule has 2 aliphatic heterocycles. The standard InChI is InChI=1S/C10H18N2/c1-10-4-2-9(12-10)6-8(7-10)3-5-11/h3,9,12H,2,4-7,11H2,1H3/b8-3+. The number of nitrogens with two attached hydrogens (primary N) is 1. The highest BCUT2D eigenvalue weighted by Crippen LogP contribution is 2.37. The van der Waals surface area contributed by atoms with Crippen LogP contribution in [0.25, 0.3) is 0 Å². The highest BCUT2D eigenvalue weighted by molar-refractivity contribution is 5.18. The number of hydrogen-bond donors (Lipinski definition) is 2. The van der Waals surface area contributed by atoms with Crippen molar-refractivity contribution in [2.45, 2.75) is 44.2 Å². The summed E-state index contributed by atoms with van der Waals surface area (Å²) < 4.78 is 0. The fraction of sp³-hybridized carbons (Fsp3) is 0.800. The van der Waals surface area contributed by atoms with Gasteiger partial charge >= 0.3 is 0 Å². The van der Waals surface area contributed by atoms with E-state index in [-0.39, 0.29) is 0 Å². The average Bonchev–Trinajstić information content (AvgIpc) is 2.26. The van der Waals surface area contributed by atoms with Crippen molar-refractivity contribution in [3.8, 4) is 0 Å². The van der Waals surface area contributed by atoms with Crippen LogP contribution in [-0.4, -0.2) is 18.1 Å². The van der Waals surface area contributed by atoms with Crippen LogP contribution in [-0.2, 0) is 0 Å². The minimum absolute atomic E-state index is 0.393. The third-order valence-corrected chi connectivity index (χ3v) is 3.13. The van der Waals surface area contributed by atoms with E-state index < -0.39 is 0 Å². The van der Waals surface area contributed by atoms with Crippen LogP contribution in [0.15, 0.2) is 11.6 Å². The van der Waals surface area contributed by atoms with E-state index in [0.29, 0.717) is 12.1 Å². The van der Waals surface area contributed by atoms with E-state index in [2.05, 4.69) is 18.3 Å². The van der Waals surface area contributed by atoms with Gasteiger partial charge in [-0.05, 0) is 32.6 Å². The Morgan fingerprint density at radius 2 is 2.58 bits per heavy atom. The number of hydrogen-bond acceptors (Lipinski definition) is 2. The molecule has 12 heavy (non-hydrogen) atoms. The van der Waals surface area contributed by atoms with Crippen LogP contribution in [0.4, 0.5) is 0 Å². The quantitative estimate of drug-likeness (QED) is 0.574. The van der Waals surface area contributed by atoms with Gasteiger partial charge < -0.3 is 11.1 Å². The molecule has 2 rings (SSSR count). The Morgan fingerprint density at radius 1 is 1.75 bits per heavy atom. The van der Waals surface area contributed by atoms with Gasteiger partial charge in [0.15, 0.2) is 0 Å². The largest absolute Gasteiger partial charge is 0.327 e. The van der Waals surface area contributed by atoms with Gasteiger partial charge in [0, 0.05) is 18.1 Å². The summed E-state index contributed by atoms with van der Waals surface area (Å²) >= 11 is 0.